The van der Waals surface area contributed by atoms with E-state index in [1.165, 1.54) is 41.2 Å². The molecular formula is C30H28F2N6O5. The fourth-order valence-electron chi connectivity index (χ4n) is 4.48. The van der Waals surface area contributed by atoms with Crippen molar-refractivity contribution in [2.75, 3.05) is 11.9 Å². The number of hydrogen-bond donors (Lipinski definition) is 3. The standard InChI is InChI=1S/C30H28F2N6O5/c1-16(2)37-14-21(29(41)38(30(37)42)20-7-5-19(31)6-8-20)23(40)13-18-4-9-24(22(32)12-18)43-25-10-11-33-27-26(25)28(36-35-27)34-17(3)15-39/h4-12,14,16-17,39H,13,15H2,1-3H3,(H2,33,34,35,36)/t17-/m0/s1. The molecule has 0 unspecified atom stereocenters. The van der Waals surface area contributed by atoms with Crippen molar-refractivity contribution in [1.29, 1.82) is 0 Å². The number of ketones is 1. The number of Topliss-reactive ketones (excluding diaryl/α,β-unsaturated/α-hetero) is 1. The van der Waals surface area contributed by atoms with E-state index < -0.39 is 34.7 Å². The van der Waals surface area contributed by atoms with Gasteiger partial charge in [0.15, 0.2) is 28.8 Å². The van der Waals surface area contributed by atoms with Crippen molar-refractivity contribution in [2.24, 2.45) is 0 Å². The van der Waals surface area contributed by atoms with Crippen LogP contribution < -0.4 is 21.3 Å². The van der Waals surface area contributed by atoms with E-state index in [0.717, 1.165) is 22.8 Å². The van der Waals surface area contributed by atoms with Crippen LogP contribution in [0.5, 0.6) is 11.5 Å². The monoisotopic (exact) mass is 590 g/mol. The molecule has 3 heterocycles. The van der Waals surface area contributed by atoms with Crippen molar-refractivity contribution in [1.82, 2.24) is 24.3 Å². The van der Waals surface area contributed by atoms with Gasteiger partial charge in [0.05, 0.1) is 12.3 Å². The molecule has 2 aromatic carbocycles. The van der Waals surface area contributed by atoms with Crippen molar-refractivity contribution in [2.45, 2.75) is 39.3 Å². The number of hydrogen-bond acceptors (Lipinski definition) is 8. The maximum absolute atomic E-state index is 15.2. The van der Waals surface area contributed by atoms with Gasteiger partial charge in [0.1, 0.15) is 22.5 Å². The van der Waals surface area contributed by atoms with Crippen LogP contribution in [0.25, 0.3) is 16.7 Å². The summed E-state index contributed by atoms with van der Waals surface area (Å²) in [5.74, 6) is -1.44. The van der Waals surface area contributed by atoms with Crippen LogP contribution >= 0.6 is 0 Å². The van der Waals surface area contributed by atoms with Crippen molar-refractivity contribution in [3.63, 3.8) is 0 Å². The average molecular weight is 591 g/mol. The normalized spacial score (nSPS) is 12.1. The second kappa shape index (κ2) is 12.0. The summed E-state index contributed by atoms with van der Waals surface area (Å²) in [4.78, 5) is 43.9. The third kappa shape index (κ3) is 5.93. The Labute approximate surface area is 243 Å². The quantitative estimate of drug-likeness (QED) is 0.206. The lowest BCUT2D eigenvalue weighted by molar-refractivity contribution is 0.0990. The summed E-state index contributed by atoms with van der Waals surface area (Å²) in [6.45, 7) is 5.05. The Balaban J connectivity index is 1.44. The fourth-order valence-corrected chi connectivity index (χ4v) is 4.48. The molecule has 13 heteroatoms. The third-order valence-electron chi connectivity index (χ3n) is 6.72. The van der Waals surface area contributed by atoms with E-state index in [-0.39, 0.29) is 47.4 Å². The first-order chi connectivity index (χ1) is 20.6. The Bertz CT molecular complexity index is 1930. The van der Waals surface area contributed by atoms with E-state index >= 15 is 4.39 Å². The molecule has 222 valence electrons. The van der Waals surface area contributed by atoms with Crippen molar-refractivity contribution >= 4 is 22.6 Å². The molecule has 0 aliphatic heterocycles. The molecule has 0 radical (unpaired) electrons. The lowest BCUT2D eigenvalue weighted by Gasteiger charge is -2.15. The van der Waals surface area contributed by atoms with Crippen LogP contribution in [0.3, 0.4) is 0 Å². The van der Waals surface area contributed by atoms with Gasteiger partial charge in [-0.1, -0.05) is 6.07 Å². The number of nitrogens with zero attached hydrogens (tertiary/aromatic N) is 4. The highest BCUT2D eigenvalue weighted by Crippen LogP contribution is 2.34. The number of nitrogens with one attached hydrogen (secondary N) is 2. The van der Waals surface area contributed by atoms with Crippen LogP contribution in [0.4, 0.5) is 14.6 Å². The van der Waals surface area contributed by atoms with Gasteiger partial charge in [-0.3, -0.25) is 19.3 Å². The van der Waals surface area contributed by atoms with Crippen molar-refractivity contribution < 1.29 is 23.4 Å². The largest absolute Gasteiger partial charge is 0.453 e. The Morgan fingerprint density at radius 2 is 1.81 bits per heavy atom. The Hall–Kier alpha value is -5.17. The molecular weight excluding hydrogens is 562 g/mol. The molecule has 0 amide bonds. The highest BCUT2D eigenvalue weighted by molar-refractivity contribution is 5.97. The molecule has 0 saturated carbocycles. The van der Waals surface area contributed by atoms with Crippen molar-refractivity contribution in [3.8, 4) is 17.2 Å². The summed E-state index contributed by atoms with van der Waals surface area (Å²) in [7, 11) is 0. The van der Waals surface area contributed by atoms with Crippen LogP contribution in [0.1, 0.15) is 42.7 Å². The first kappa shape index (κ1) is 29.3. The van der Waals surface area contributed by atoms with E-state index in [0.29, 0.717) is 16.9 Å². The molecule has 5 rings (SSSR count). The highest BCUT2D eigenvalue weighted by atomic mass is 19.1. The Morgan fingerprint density at radius 3 is 2.49 bits per heavy atom. The molecule has 0 bridgehead atoms. The number of pyridine rings is 1. The summed E-state index contributed by atoms with van der Waals surface area (Å²) in [5.41, 5.74) is -1.04. The molecule has 11 nitrogen and oxygen atoms in total. The number of aromatic nitrogens is 5. The lowest BCUT2D eigenvalue weighted by Crippen LogP contribution is -2.42. The van der Waals surface area contributed by atoms with E-state index in [1.807, 2.05) is 0 Å². The number of aliphatic hydroxyl groups excluding tert-OH is 1. The Morgan fingerprint density at radius 1 is 1.07 bits per heavy atom. The van der Waals surface area contributed by atoms with Gasteiger partial charge in [0.25, 0.3) is 5.56 Å². The molecule has 43 heavy (non-hydrogen) atoms. The third-order valence-corrected chi connectivity index (χ3v) is 6.72. The van der Waals surface area contributed by atoms with Gasteiger partial charge in [-0.05, 0) is 62.7 Å². The lowest BCUT2D eigenvalue weighted by atomic mass is 10.0. The average Bonchev–Trinajstić information content (AvgIpc) is 3.38. The number of carbonyl (C=O) groups is 1. The van der Waals surface area contributed by atoms with Gasteiger partial charge in [-0.25, -0.2) is 23.1 Å². The van der Waals surface area contributed by atoms with Crippen LogP contribution in [0.2, 0.25) is 0 Å². The number of aromatic amines is 1. The maximum atomic E-state index is 15.2. The zero-order valence-electron chi connectivity index (χ0n) is 23.5. The summed E-state index contributed by atoms with van der Waals surface area (Å²) in [6.07, 6.45) is 2.34. The van der Waals surface area contributed by atoms with Gasteiger partial charge in [0, 0.05) is 37.0 Å². The fraction of sp³-hybridized carbons (Fsp3) is 0.233. The smallest absolute Gasteiger partial charge is 0.335 e. The first-order valence-electron chi connectivity index (χ1n) is 13.4. The topological polar surface area (TPSA) is 144 Å². The van der Waals surface area contributed by atoms with E-state index in [9.17, 15) is 23.9 Å². The summed E-state index contributed by atoms with van der Waals surface area (Å²) >= 11 is 0. The van der Waals surface area contributed by atoms with Crippen LogP contribution in [0, 0.1) is 11.6 Å². The number of ether oxygens (including phenoxy) is 1. The van der Waals surface area contributed by atoms with Gasteiger partial charge in [0.2, 0.25) is 0 Å². The zero-order valence-corrected chi connectivity index (χ0v) is 23.5. The first-order valence-corrected chi connectivity index (χ1v) is 13.4. The number of benzene rings is 2. The van der Waals surface area contributed by atoms with E-state index in [1.54, 1.807) is 26.8 Å². The number of halogens is 2. The number of anilines is 1. The minimum absolute atomic E-state index is 0.111. The maximum Gasteiger partial charge on any atom is 0.335 e. The molecule has 0 aliphatic carbocycles. The van der Waals surface area contributed by atoms with E-state index in [2.05, 4.69) is 20.5 Å². The molecule has 0 aliphatic rings. The van der Waals surface area contributed by atoms with Gasteiger partial charge in [-0.2, -0.15) is 5.10 Å². The molecule has 0 saturated heterocycles. The van der Waals surface area contributed by atoms with Crippen LogP contribution in [-0.4, -0.2) is 47.9 Å². The van der Waals surface area contributed by atoms with Gasteiger partial charge < -0.3 is 15.2 Å². The summed E-state index contributed by atoms with van der Waals surface area (Å²) in [6, 6.07) is 9.59. The number of carbonyl (C=O) groups excluding carboxylic acids is 1. The predicted octanol–water partition coefficient (Wildman–Crippen LogP) is 4.14. The minimum atomic E-state index is -0.860. The number of fused-ring (bicyclic) bond motifs is 1. The van der Waals surface area contributed by atoms with E-state index in [4.69, 9.17) is 4.74 Å². The van der Waals surface area contributed by atoms with Crippen LogP contribution in [0.15, 0.2) is 70.5 Å². The van der Waals surface area contributed by atoms with Crippen LogP contribution in [-0.2, 0) is 6.42 Å². The molecule has 0 fully saturated rings. The predicted molar refractivity (Wildman–Crippen MR) is 155 cm³/mol. The van der Waals surface area contributed by atoms with Gasteiger partial charge in [-0.15, -0.1) is 0 Å². The molecule has 3 N–H and O–H groups in total. The SMILES string of the molecule is CC(C)n1cc(C(=O)Cc2ccc(Oc3ccnc4[nH]nc(N[C@@H](C)CO)c34)c(F)c2)c(=O)n(-c2ccc(F)cc2)c1=O. The number of H-pyrrole nitrogens is 1. The summed E-state index contributed by atoms with van der Waals surface area (Å²) in [5, 5.41) is 19.8. The highest BCUT2D eigenvalue weighted by Gasteiger charge is 2.21. The van der Waals surface area contributed by atoms with Crippen molar-refractivity contribution in [3.05, 3.63) is 105 Å². The zero-order chi connectivity index (χ0) is 30.8. The molecule has 5 aromatic rings. The minimum Gasteiger partial charge on any atom is -0.453 e. The number of rotatable bonds is 10. The second-order valence-electron chi connectivity index (χ2n) is 10.2. The second-order valence-corrected chi connectivity index (χ2v) is 10.2. The number of aliphatic hydroxyl groups is 1. The summed E-state index contributed by atoms with van der Waals surface area (Å²) < 4.78 is 36.6. The Kier molecular flexibility index (Phi) is 8.17. The molecule has 3 aromatic heterocycles. The molecule has 1 atom stereocenters. The van der Waals surface area contributed by atoms with Gasteiger partial charge >= 0.3 is 5.69 Å². The molecule has 0 spiro atoms.